The molecule has 1 aromatic rings. The summed E-state index contributed by atoms with van der Waals surface area (Å²) in [6.45, 7) is 4.18. The van der Waals surface area contributed by atoms with E-state index in [1.165, 1.54) is 11.3 Å². The Hall–Kier alpha value is -0.690. The fraction of sp³-hybridized carbons (Fsp3) is 0.600. The summed E-state index contributed by atoms with van der Waals surface area (Å²) in [7, 11) is 0. The standard InChI is InChI=1S/C10H15N3O2S.ClH/c1-7-6-16-10(12-7)13-9(14)4-8-5-11-2-3-15-8;/h6,8,11H,2-5H2,1H3,(H,12,13,14);1H. The summed E-state index contributed by atoms with van der Waals surface area (Å²) in [5, 5.41) is 8.53. The number of morpholine rings is 1. The molecule has 2 N–H and O–H groups in total. The highest BCUT2D eigenvalue weighted by Gasteiger charge is 2.17. The fourth-order valence-electron chi connectivity index (χ4n) is 1.54. The van der Waals surface area contributed by atoms with Crippen LogP contribution in [0.25, 0.3) is 0 Å². The zero-order chi connectivity index (χ0) is 11.4. The number of amides is 1. The number of carbonyl (C=O) groups is 1. The highest BCUT2D eigenvalue weighted by molar-refractivity contribution is 7.13. The van der Waals surface area contributed by atoms with Gasteiger partial charge in [-0.05, 0) is 6.92 Å². The van der Waals surface area contributed by atoms with Gasteiger partial charge in [-0.25, -0.2) is 4.98 Å². The third-order valence-electron chi connectivity index (χ3n) is 2.28. The number of aryl methyl sites for hydroxylation is 1. The Morgan fingerprint density at radius 3 is 3.18 bits per heavy atom. The van der Waals surface area contributed by atoms with Crippen molar-refractivity contribution in [2.45, 2.75) is 19.4 Å². The summed E-state index contributed by atoms with van der Waals surface area (Å²) in [4.78, 5) is 15.8. The molecule has 7 heteroatoms. The van der Waals surface area contributed by atoms with Crippen LogP contribution in [-0.2, 0) is 9.53 Å². The second-order valence-electron chi connectivity index (χ2n) is 3.74. The first-order chi connectivity index (χ1) is 7.74. The quantitative estimate of drug-likeness (QED) is 0.871. The Morgan fingerprint density at radius 1 is 1.76 bits per heavy atom. The Kier molecular flexibility index (Phi) is 5.84. The molecule has 1 atom stereocenters. The SMILES string of the molecule is Cc1csc(NC(=O)CC2CNCCO2)n1.Cl. The summed E-state index contributed by atoms with van der Waals surface area (Å²) < 4.78 is 5.45. The van der Waals surface area contributed by atoms with Gasteiger partial charge in [-0.2, -0.15) is 0 Å². The number of hydrogen-bond acceptors (Lipinski definition) is 5. The summed E-state index contributed by atoms with van der Waals surface area (Å²) in [5.41, 5.74) is 0.927. The Bertz CT molecular complexity index is 366. The number of aromatic nitrogens is 1. The van der Waals surface area contributed by atoms with Gasteiger partial charge in [0.1, 0.15) is 0 Å². The van der Waals surface area contributed by atoms with Gasteiger partial charge >= 0.3 is 0 Å². The van der Waals surface area contributed by atoms with Crippen LogP contribution in [0.2, 0.25) is 0 Å². The second-order valence-corrected chi connectivity index (χ2v) is 4.60. The predicted octanol–water partition coefficient (Wildman–Crippen LogP) is 1.19. The van der Waals surface area contributed by atoms with Crippen LogP contribution in [0.1, 0.15) is 12.1 Å². The summed E-state index contributed by atoms with van der Waals surface area (Å²) in [6, 6.07) is 0. The van der Waals surface area contributed by atoms with E-state index in [1.54, 1.807) is 0 Å². The van der Waals surface area contributed by atoms with Crippen molar-refractivity contribution in [2.24, 2.45) is 0 Å². The van der Waals surface area contributed by atoms with Crippen molar-refractivity contribution >= 4 is 34.8 Å². The van der Waals surface area contributed by atoms with E-state index in [1.807, 2.05) is 12.3 Å². The molecule has 96 valence electrons. The first kappa shape index (κ1) is 14.4. The fourth-order valence-corrected chi connectivity index (χ4v) is 2.24. The molecule has 0 bridgehead atoms. The number of nitrogens with zero attached hydrogens (tertiary/aromatic N) is 1. The molecule has 1 aliphatic rings. The van der Waals surface area contributed by atoms with E-state index >= 15 is 0 Å². The van der Waals surface area contributed by atoms with Gasteiger partial charge in [0.2, 0.25) is 5.91 Å². The number of ether oxygens (including phenoxy) is 1. The van der Waals surface area contributed by atoms with Gasteiger partial charge in [0.15, 0.2) is 5.13 Å². The zero-order valence-corrected chi connectivity index (χ0v) is 11.2. The van der Waals surface area contributed by atoms with Crippen LogP contribution in [0.4, 0.5) is 5.13 Å². The number of thiazole rings is 1. The lowest BCUT2D eigenvalue weighted by Gasteiger charge is -2.22. The normalized spacial score (nSPS) is 19.5. The second kappa shape index (κ2) is 6.90. The summed E-state index contributed by atoms with van der Waals surface area (Å²) >= 11 is 1.44. The highest BCUT2D eigenvalue weighted by atomic mass is 35.5. The van der Waals surface area contributed by atoms with Crippen molar-refractivity contribution in [3.63, 3.8) is 0 Å². The lowest BCUT2D eigenvalue weighted by molar-refractivity contribution is -0.119. The molecular formula is C10H16ClN3O2S. The van der Waals surface area contributed by atoms with Gasteiger partial charge in [0.05, 0.1) is 24.8 Å². The molecule has 17 heavy (non-hydrogen) atoms. The molecule has 1 fully saturated rings. The molecule has 0 aliphatic carbocycles. The van der Waals surface area contributed by atoms with Gasteiger partial charge in [-0.15, -0.1) is 23.7 Å². The van der Waals surface area contributed by atoms with Crippen LogP contribution < -0.4 is 10.6 Å². The molecule has 1 saturated heterocycles. The van der Waals surface area contributed by atoms with Crippen LogP contribution >= 0.6 is 23.7 Å². The number of nitrogens with one attached hydrogen (secondary N) is 2. The van der Waals surface area contributed by atoms with Crippen LogP contribution in [0, 0.1) is 6.92 Å². The molecule has 2 heterocycles. The van der Waals surface area contributed by atoms with Crippen molar-refractivity contribution in [2.75, 3.05) is 25.0 Å². The van der Waals surface area contributed by atoms with E-state index in [2.05, 4.69) is 15.6 Å². The van der Waals surface area contributed by atoms with E-state index in [0.29, 0.717) is 18.2 Å². The van der Waals surface area contributed by atoms with E-state index in [9.17, 15) is 4.79 Å². The molecule has 1 unspecified atom stereocenters. The Morgan fingerprint density at radius 2 is 2.59 bits per heavy atom. The molecular weight excluding hydrogens is 262 g/mol. The molecule has 0 radical (unpaired) electrons. The maximum atomic E-state index is 11.6. The molecule has 5 nitrogen and oxygen atoms in total. The average molecular weight is 278 g/mol. The minimum Gasteiger partial charge on any atom is -0.375 e. The average Bonchev–Trinajstić information content (AvgIpc) is 2.65. The van der Waals surface area contributed by atoms with Crippen molar-refractivity contribution in [3.05, 3.63) is 11.1 Å². The van der Waals surface area contributed by atoms with E-state index in [-0.39, 0.29) is 24.4 Å². The van der Waals surface area contributed by atoms with Crippen molar-refractivity contribution in [3.8, 4) is 0 Å². The number of carbonyl (C=O) groups excluding carboxylic acids is 1. The third kappa shape index (κ3) is 4.59. The monoisotopic (exact) mass is 277 g/mol. The van der Waals surface area contributed by atoms with Crippen LogP contribution in [0.3, 0.4) is 0 Å². The summed E-state index contributed by atoms with van der Waals surface area (Å²) in [5.74, 6) is -0.0388. The molecule has 1 aliphatic heterocycles. The molecule has 0 spiro atoms. The lowest BCUT2D eigenvalue weighted by Crippen LogP contribution is -2.40. The molecule has 0 aromatic carbocycles. The largest absolute Gasteiger partial charge is 0.375 e. The minimum absolute atomic E-state index is 0. The molecule has 0 saturated carbocycles. The van der Waals surface area contributed by atoms with Crippen molar-refractivity contribution < 1.29 is 9.53 Å². The van der Waals surface area contributed by atoms with E-state index < -0.39 is 0 Å². The number of hydrogen-bond donors (Lipinski definition) is 2. The van der Waals surface area contributed by atoms with Crippen LogP contribution in [0.15, 0.2) is 5.38 Å². The van der Waals surface area contributed by atoms with Gasteiger partial charge in [-0.1, -0.05) is 0 Å². The predicted molar refractivity (Wildman–Crippen MR) is 70.0 cm³/mol. The van der Waals surface area contributed by atoms with Gasteiger partial charge in [0, 0.05) is 18.5 Å². The maximum Gasteiger partial charge on any atom is 0.228 e. The molecule has 1 aromatic heterocycles. The summed E-state index contributed by atoms with van der Waals surface area (Å²) in [6.07, 6.45) is 0.362. The number of anilines is 1. The lowest BCUT2D eigenvalue weighted by atomic mass is 10.2. The first-order valence-electron chi connectivity index (χ1n) is 5.28. The topological polar surface area (TPSA) is 63.2 Å². The minimum atomic E-state index is -0.0388. The highest BCUT2D eigenvalue weighted by Crippen LogP contribution is 2.15. The third-order valence-corrected chi connectivity index (χ3v) is 3.16. The maximum absolute atomic E-state index is 11.6. The first-order valence-corrected chi connectivity index (χ1v) is 6.16. The van der Waals surface area contributed by atoms with Gasteiger partial charge in [-0.3, -0.25) is 4.79 Å². The Balaban J connectivity index is 0.00000144. The van der Waals surface area contributed by atoms with Crippen LogP contribution in [-0.4, -0.2) is 36.7 Å². The smallest absolute Gasteiger partial charge is 0.228 e. The zero-order valence-electron chi connectivity index (χ0n) is 9.56. The number of halogens is 1. The van der Waals surface area contributed by atoms with Crippen molar-refractivity contribution in [1.82, 2.24) is 10.3 Å². The molecule has 2 rings (SSSR count). The van der Waals surface area contributed by atoms with E-state index in [4.69, 9.17) is 4.74 Å². The van der Waals surface area contributed by atoms with Gasteiger partial charge < -0.3 is 15.4 Å². The van der Waals surface area contributed by atoms with E-state index in [0.717, 1.165) is 18.8 Å². The number of rotatable bonds is 3. The van der Waals surface area contributed by atoms with Crippen molar-refractivity contribution in [1.29, 1.82) is 0 Å². The molecule has 1 amide bonds. The van der Waals surface area contributed by atoms with Crippen LogP contribution in [0.5, 0.6) is 0 Å². The van der Waals surface area contributed by atoms with Gasteiger partial charge in [0.25, 0.3) is 0 Å². The Labute approximate surface area is 110 Å².